The molecule has 0 bridgehead atoms. The van der Waals surface area contributed by atoms with Gasteiger partial charge in [0.05, 0.1) is 12.4 Å². The first-order valence-electron chi connectivity index (χ1n) is 5.32. The Morgan fingerprint density at radius 1 is 1.41 bits per heavy atom. The monoisotopic (exact) mass is 255 g/mol. The first-order valence-corrected chi connectivity index (χ1v) is 6.81. The number of carboxylic acids is 1. The number of hydrogen-bond donors (Lipinski definition) is 2. The van der Waals surface area contributed by atoms with Crippen LogP contribution < -0.4 is 5.32 Å². The topological polar surface area (TPSA) is 92.2 Å². The average Bonchev–Trinajstić information content (AvgIpc) is 2.32. The molecule has 1 fully saturated rings. The van der Waals surface area contributed by atoms with Crippen molar-refractivity contribution < 1.29 is 14.1 Å². The molecule has 0 atom stereocenters. The first-order chi connectivity index (χ1) is 8.15. The zero-order chi connectivity index (χ0) is 12.3. The predicted octanol–water partition coefficient (Wildman–Crippen LogP) is 0.498. The van der Waals surface area contributed by atoms with Crippen LogP contribution in [0.2, 0.25) is 0 Å². The van der Waals surface area contributed by atoms with E-state index in [9.17, 15) is 9.00 Å². The molecule has 1 aromatic heterocycles. The van der Waals surface area contributed by atoms with Crippen molar-refractivity contribution in [2.45, 2.75) is 18.9 Å². The molecule has 2 N–H and O–H groups in total. The van der Waals surface area contributed by atoms with Gasteiger partial charge in [0, 0.05) is 28.3 Å². The van der Waals surface area contributed by atoms with Gasteiger partial charge in [0.2, 0.25) is 0 Å². The van der Waals surface area contributed by atoms with Crippen molar-refractivity contribution in [1.29, 1.82) is 0 Å². The summed E-state index contributed by atoms with van der Waals surface area (Å²) in [7, 11) is -0.701. The third-order valence-corrected chi connectivity index (χ3v) is 3.98. The molecule has 2 rings (SSSR count). The molecular weight excluding hydrogens is 242 g/mol. The Balaban J connectivity index is 2.01. The van der Waals surface area contributed by atoms with Crippen molar-refractivity contribution in [1.82, 2.24) is 9.97 Å². The highest BCUT2D eigenvalue weighted by atomic mass is 32.2. The third-order valence-electron chi connectivity index (χ3n) is 2.59. The van der Waals surface area contributed by atoms with Crippen molar-refractivity contribution in [3.8, 4) is 0 Å². The number of aromatic carboxylic acids is 1. The molecule has 0 unspecified atom stereocenters. The molecule has 2 heterocycles. The van der Waals surface area contributed by atoms with Gasteiger partial charge in [-0.05, 0) is 12.8 Å². The van der Waals surface area contributed by atoms with Gasteiger partial charge in [-0.15, -0.1) is 0 Å². The van der Waals surface area contributed by atoms with E-state index >= 15 is 0 Å². The molecule has 0 aliphatic carbocycles. The molecule has 6 nitrogen and oxygen atoms in total. The zero-order valence-corrected chi connectivity index (χ0v) is 9.94. The lowest BCUT2D eigenvalue weighted by Crippen LogP contribution is -2.29. The lowest BCUT2D eigenvalue weighted by molar-refractivity contribution is 0.0690. The van der Waals surface area contributed by atoms with Crippen LogP contribution in [0.4, 0.5) is 5.82 Å². The van der Waals surface area contributed by atoms with E-state index in [0.717, 1.165) is 12.8 Å². The summed E-state index contributed by atoms with van der Waals surface area (Å²) in [5, 5.41) is 11.9. The lowest BCUT2D eigenvalue weighted by atomic mass is 10.1. The molecule has 1 saturated heterocycles. The van der Waals surface area contributed by atoms with Crippen LogP contribution in [-0.4, -0.2) is 42.8 Å². The Morgan fingerprint density at radius 3 is 2.76 bits per heavy atom. The van der Waals surface area contributed by atoms with Crippen LogP contribution in [0.25, 0.3) is 0 Å². The molecule has 0 spiro atoms. The second-order valence-corrected chi connectivity index (χ2v) is 5.56. The maximum atomic E-state index is 11.2. The molecule has 0 saturated carbocycles. The zero-order valence-electron chi connectivity index (χ0n) is 9.13. The largest absolute Gasteiger partial charge is 0.476 e. The Labute approximate surface area is 101 Å². The minimum absolute atomic E-state index is 0.0746. The lowest BCUT2D eigenvalue weighted by Gasteiger charge is -2.22. The Bertz CT molecular complexity index is 442. The van der Waals surface area contributed by atoms with E-state index in [2.05, 4.69) is 15.3 Å². The molecule has 17 heavy (non-hydrogen) atoms. The summed E-state index contributed by atoms with van der Waals surface area (Å²) in [6.07, 6.45) is 4.33. The van der Waals surface area contributed by atoms with E-state index in [0.29, 0.717) is 17.3 Å². The molecule has 0 aromatic carbocycles. The average molecular weight is 255 g/mol. The molecule has 92 valence electrons. The van der Waals surface area contributed by atoms with E-state index in [4.69, 9.17) is 5.11 Å². The van der Waals surface area contributed by atoms with Crippen LogP contribution >= 0.6 is 0 Å². The van der Waals surface area contributed by atoms with Crippen LogP contribution in [0.1, 0.15) is 23.3 Å². The van der Waals surface area contributed by atoms with Gasteiger partial charge in [-0.25, -0.2) is 9.78 Å². The predicted molar refractivity (Wildman–Crippen MR) is 63.5 cm³/mol. The summed E-state index contributed by atoms with van der Waals surface area (Å²) in [5.74, 6) is 0.737. The molecule has 0 amide bonds. The first kappa shape index (κ1) is 12.0. The minimum atomic E-state index is -1.09. The van der Waals surface area contributed by atoms with Crippen LogP contribution in [0.5, 0.6) is 0 Å². The number of rotatable bonds is 3. The number of aromatic nitrogens is 2. The van der Waals surface area contributed by atoms with E-state index in [1.165, 1.54) is 12.4 Å². The molecule has 1 aromatic rings. The number of hydrogen-bond acceptors (Lipinski definition) is 5. The van der Waals surface area contributed by atoms with Gasteiger partial charge in [-0.2, -0.15) is 0 Å². The second-order valence-electron chi connectivity index (χ2n) is 3.86. The Morgan fingerprint density at radius 2 is 2.12 bits per heavy atom. The fraction of sp³-hybridized carbons (Fsp3) is 0.500. The number of nitrogens with one attached hydrogen (secondary N) is 1. The van der Waals surface area contributed by atoms with E-state index < -0.39 is 16.8 Å². The standard InChI is InChI=1S/C10H13N3O3S/c14-10(15)8-5-11-6-9(13-8)12-7-1-3-17(16)4-2-7/h5-7H,1-4H2,(H,12,13)(H,14,15). The van der Waals surface area contributed by atoms with Crippen molar-refractivity contribution in [2.75, 3.05) is 16.8 Å². The molecular formula is C10H13N3O3S. The number of carboxylic acid groups (broad SMARTS) is 1. The maximum Gasteiger partial charge on any atom is 0.356 e. The molecule has 1 aliphatic rings. The molecule has 0 radical (unpaired) electrons. The number of anilines is 1. The van der Waals surface area contributed by atoms with Crippen molar-refractivity contribution in [3.05, 3.63) is 18.1 Å². The second kappa shape index (κ2) is 5.22. The van der Waals surface area contributed by atoms with Crippen molar-refractivity contribution in [2.24, 2.45) is 0 Å². The highest BCUT2D eigenvalue weighted by Crippen LogP contribution is 2.14. The smallest absolute Gasteiger partial charge is 0.356 e. The summed E-state index contributed by atoms with van der Waals surface area (Å²) in [6.45, 7) is 0. The summed E-state index contributed by atoms with van der Waals surface area (Å²) < 4.78 is 11.2. The molecule has 7 heteroatoms. The quantitative estimate of drug-likeness (QED) is 0.817. The number of carbonyl (C=O) groups is 1. The van der Waals surface area contributed by atoms with E-state index in [1.807, 2.05) is 0 Å². The highest BCUT2D eigenvalue weighted by Gasteiger charge is 2.18. The van der Waals surface area contributed by atoms with Crippen LogP contribution in [0.3, 0.4) is 0 Å². The summed E-state index contributed by atoms with van der Waals surface area (Å²) in [6, 6.07) is 0.200. The fourth-order valence-electron chi connectivity index (χ4n) is 1.69. The van der Waals surface area contributed by atoms with Gasteiger partial charge < -0.3 is 10.4 Å². The van der Waals surface area contributed by atoms with Gasteiger partial charge in [0.25, 0.3) is 0 Å². The highest BCUT2D eigenvalue weighted by molar-refractivity contribution is 7.85. The van der Waals surface area contributed by atoms with Gasteiger partial charge in [-0.1, -0.05) is 0 Å². The fourth-order valence-corrected chi connectivity index (χ4v) is 2.98. The van der Waals surface area contributed by atoms with Crippen molar-refractivity contribution >= 4 is 22.6 Å². The van der Waals surface area contributed by atoms with E-state index in [1.54, 1.807) is 0 Å². The van der Waals surface area contributed by atoms with Crippen LogP contribution in [0.15, 0.2) is 12.4 Å². The van der Waals surface area contributed by atoms with Gasteiger partial charge in [-0.3, -0.25) is 9.19 Å². The normalized spacial score (nSPS) is 24.2. The maximum absolute atomic E-state index is 11.2. The van der Waals surface area contributed by atoms with Gasteiger partial charge in [0.1, 0.15) is 5.82 Å². The van der Waals surface area contributed by atoms with Crippen molar-refractivity contribution in [3.63, 3.8) is 0 Å². The Hall–Kier alpha value is -1.50. The van der Waals surface area contributed by atoms with E-state index in [-0.39, 0.29) is 11.7 Å². The van der Waals surface area contributed by atoms with Crippen LogP contribution in [0, 0.1) is 0 Å². The SMILES string of the molecule is O=C(O)c1cncc(NC2CCS(=O)CC2)n1. The Kier molecular flexibility index (Phi) is 3.68. The third kappa shape index (κ3) is 3.23. The van der Waals surface area contributed by atoms with Gasteiger partial charge >= 0.3 is 5.97 Å². The minimum Gasteiger partial charge on any atom is -0.476 e. The summed E-state index contributed by atoms with van der Waals surface area (Å²) in [5.41, 5.74) is -0.0746. The van der Waals surface area contributed by atoms with Gasteiger partial charge in [0.15, 0.2) is 5.69 Å². The summed E-state index contributed by atoms with van der Waals surface area (Å²) >= 11 is 0. The summed E-state index contributed by atoms with van der Waals surface area (Å²) in [4.78, 5) is 18.5. The van der Waals surface area contributed by atoms with Crippen LogP contribution in [-0.2, 0) is 10.8 Å². The number of nitrogens with zero attached hydrogens (tertiary/aromatic N) is 2. The molecule has 1 aliphatic heterocycles.